The fraction of sp³-hybridized carbons (Fsp3) is 0.316. The van der Waals surface area contributed by atoms with E-state index in [2.05, 4.69) is 35.1 Å². The maximum absolute atomic E-state index is 5.68. The van der Waals surface area contributed by atoms with Crippen LogP contribution in [-0.4, -0.2) is 24.2 Å². The Morgan fingerprint density at radius 2 is 1.80 bits per heavy atom. The lowest BCUT2D eigenvalue weighted by Crippen LogP contribution is -2.03. The molecule has 0 saturated heterocycles. The molecule has 0 atom stereocenters. The molecule has 0 saturated carbocycles. The van der Waals surface area contributed by atoms with Crippen molar-refractivity contribution in [2.45, 2.75) is 40.0 Å². The first-order chi connectivity index (χ1) is 12.1. The Balaban J connectivity index is 0.000000324. The maximum atomic E-state index is 5.68. The molecule has 6 nitrogen and oxygen atoms in total. The number of nitrogen functional groups attached to an aromatic ring is 1. The first-order valence-corrected chi connectivity index (χ1v) is 8.69. The molecule has 0 spiro atoms. The molecule has 4 heterocycles. The molecule has 0 aromatic carbocycles. The van der Waals surface area contributed by atoms with Crippen LogP contribution in [0.3, 0.4) is 0 Å². The van der Waals surface area contributed by atoms with Crippen LogP contribution in [0.25, 0.3) is 22.2 Å². The summed E-state index contributed by atoms with van der Waals surface area (Å²) in [5.74, 6) is 0.281. The summed E-state index contributed by atoms with van der Waals surface area (Å²) in [4.78, 5) is 4.24. The van der Waals surface area contributed by atoms with Gasteiger partial charge in [-0.1, -0.05) is 33.1 Å². The summed E-state index contributed by atoms with van der Waals surface area (Å²) in [6, 6.07) is 8.13. The fourth-order valence-electron chi connectivity index (χ4n) is 2.90. The van der Waals surface area contributed by atoms with Crippen molar-refractivity contribution in [3.8, 4) is 11.1 Å². The lowest BCUT2D eigenvalue weighted by atomic mass is 10.1. The molecule has 0 fully saturated rings. The summed E-state index contributed by atoms with van der Waals surface area (Å²) in [5.41, 5.74) is 10.8. The highest BCUT2D eigenvalue weighted by atomic mass is 15.3. The van der Waals surface area contributed by atoms with Crippen molar-refractivity contribution in [3.63, 3.8) is 0 Å². The van der Waals surface area contributed by atoms with Gasteiger partial charge in [-0.15, -0.1) is 5.10 Å². The van der Waals surface area contributed by atoms with Crippen LogP contribution >= 0.6 is 0 Å². The number of nitrogens with two attached hydrogens (primary N) is 1. The van der Waals surface area contributed by atoms with Crippen molar-refractivity contribution in [1.29, 1.82) is 0 Å². The minimum Gasteiger partial charge on any atom is -0.367 e. The van der Waals surface area contributed by atoms with Crippen molar-refractivity contribution in [2.75, 3.05) is 5.73 Å². The molecule has 0 aliphatic heterocycles. The van der Waals surface area contributed by atoms with Gasteiger partial charge in [0.15, 0.2) is 0 Å². The molecule has 130 valence electrons. The van der Waals surface area contributed by atoms with Gasteiger partial charge in [0.25, 0.3) is 0 Å². The molecule has 4 aromatic heterocycles. The third kappa shape index (κ3) is 3.47. The van der Waals surface area contributed by atoms with Gasteiger partial charge in [0.05, 0.1) is 16.7 Å². The van der Waals surface area contributed by atoms with Crippen LogP contribution in [0.1, 0.15) is 38.8 Å². The van der Waals surface area contributed by atoms with E-state index in [0.29, 0.717) is 0 Å². The maximum Gasteiger partial charge on any atom is 0.238 e. The molecule has 0 aliphatic carbocycles. The quantitative estimate of drug-likeness (QED) is 0.610. The molecule has 25 heavy (non-hydrogen) atoms. The SMILES string of the molecule is CCCCC.Cc1nc(N)nn2ccc(-c3ccn4nccc4c3)c12. The summed E-state index contributed by atoms with van der Waals surface area (Å²) < 4.78 is 3.61. The average molecular weight is 336 g/mol. The van der Waals surface area contributed by atoms with Gasteiger partial charge < -0.3 is 5.73 Å². The molecule has 0 amide bonds. The van der Waals surface area contributed by atoms with E-state index in [1.54, 1.807) is 10.7 Å². The second-order valence-electron chi connectivity index (χ2n) is 6.05. The molecule has 6 heteroatoms. The number of pyridine rings is 1. The van der Waals surface area contributed by atoms with E-state index in [0.717, 1.165) is 27.9 Å². The van der Waals surface area contributed by atoms with Gasteiger partial charge in [-0.2, -0.15) is 5.10 Å². The standard InChI is InChI=1S/C14H12N6.C5H12/c1-9-13-12(4-7-20(13)18-14(15)17-9)10-3-6-19-11(8-10)2-5-16-19;1-3-5-4-2/h2-8H,1H3,(H2,15,18);3-5H2,1-2H3. The lowest BCUT2D eigenvalue weighted by Gasteiger charge is -2.04. The average Bonchev–Trinajstić information content (AvgIpc) is 3.21. The summed E-state index contributed by atoms with van der Waals surface area (Å²) in [5, 5.41) is 8.40. The fourth-order valence-corrected chi connectivity index (χ4v) is 2.90. The van der Waals surface area contributed by atoms with E-state index in [1.807, 2.05) is 42.0 Å². The minimum absolute atomic E-state index is 0.281. The highest BCUT2D eigenvalue weighted by Gasteiger charge is 2.11. The Hall–Kier alpha value is -2.89. The number of nitrogens with zero attached hydrogens (tertiary/aromatic N) is 5. The van der Waals surface area contributed by atoms with Crippen LogP contribution in [0.15, 0.2) is 42.9 Å². The van der Waals surface area contributed by atoms with Gasteiger partial charge in [-0.25, -0.2) is 14.0 Å². The van der Waals surface area contributed by atoms with Gasteiger partial charge in [-0.3, -0.25) is 0 Å². The summed E-state index contributed by atoms with van der Waals surface area (Å²) in [6.07, 6.45) is 9.71. The number of aryl methyl sites for hydroxylation is 1. The molecule has 0 radical (unpaired) electrons. The summed E-state index contributed by atoms with van der Waals surface area (Å²) in [6.45, 7) is 6.36. The van der Waals surface area contributed by atoms with E-state index in [1.165, 1.54) is 19.3 Å². The Morgan fingerprint density at radius 1 is 1.04 bits per heavy atom. The van der Waals surface area contributed by atoms with Crippen LogP contribution in [-0.2, 0) is 0 Å². The van der Waals surface area contributed by atoms with E-state index in [-0.39, 0.29) is 5.95 Å². The van der Waals surface area contributed by atoms with E-state index < -0.39 is 0 Å². The minimum atomic E-state index is 0.281. The zero-order chi connectivity index (χ0) is 17.8. The molecular formula is C19H24N6. The topological polar surface area (TPSA) is 73.5 Å². The van der Waals surface area contributed by atoms with Crippen LogP contribution in [0.5, 0.6) is 0 Å². The molecule has 2 N–H and O–H groups in total. The molecular weight excluding hydrogens is 312 g/mol. The number of unbranched alkanes of at least 4 members (excludes halogenated alkanes) is 2. The number of rotatable bonds is 3. The van der Waals surface area contributed by atoms with Gasteiger partial charge in [0.2, 0.25) is 5.95 Å². The number of hydrogen-bond donors (Lipinski definition) is 1. The number of hydrogen-bond acceptors (Lipinski definition) is 4. The highest BCUT2D eigenvalue weighted by molar-refractivity contribution is 5.83. The Morgan fingerprint density at radius 3 is 2.52 bits per heavy atom. The van der Waals surface area contributed by atoms with Gasteiger partial charge >= 0.3 is 0 Å². The van der Waals surface area contributed by atoms with E-state index in [4.69, 9.17) is 5.73 Å². The predicted octanol–water partition coefficient (Wildman–Crippen LogP) is 4.13. The monoisotopic (exact) mass is 336 g/mol. The number of anilines is 1. The molecule has 0 unspecified atom stereocenters. The van der Waals surface area contributed by atoms with Gasteiger partial charge in [0, 0.05) is 24.2 Å². The number of aromatic nitrogens is 5. The van der Waals surface area contributed by atoms with Crippen molar-refractivity contribution in [1.82, 2.24) is 24.2 Å². The smallest absolute Gasteiger partial charge is 0.238 e. The lowest BCUT2D eigenvalue weighted by molar-refractivity contribution is 0.772. The Bertz CT molecular complexity index is 980. The summed E-state index contributed by atoms with van der Waals surface area (Å²) >= 11 is 0. The zero-order valence-electron chi connectivity index (χ0n) is 15.0. The third-order valence-corrected chi connectivity index (χ3v) is 4.12. The summed E-state index contributed by atoms with van der Waals surface area (Å²) in [7, 11) is 0. The number of fused-ring (bicyclic) bond motifs is 2. The largest absolute Gasteiger partial charge is 0.367 e. The van der Waals surface area contributed by atoms with Crippen LogP contribution in [0, 0.1) is 6.92 Å². The molecule has 0 aliphatic rings. The van der Waals surface area contributed by atoms with Gasteiger partial charge in [0.1, 0.15) is 0 Å². The van der Waals surface area contributed by atoms with Gasteiger partial charge in [-0.05, 0) is 36.8 Å². The molecule has 4 aromatic rings. The van der Waals surface area contributed by atoms with E-state index in [9.17, 15) is 0 Å². The second-order valence-corrected chi connectivity index (χ2v) is 6.05. The van der Waals surface area contributed by atoms with Crippen molar-refractivity contribution in [3.05, 3.63) is 48.5 Å². The Kier molecular flexibility index (Phi) is 4.97. The van der Waals surface area contributed by atoms with Crippen molar-refractivity contribution in [2.24, 2.45) is 0 Å². The molecule has 0 bridgehead atoms. The van der Waals surface area contributed by atoms with Crippen LogP contribution in [0.4, 0.5) is 5.95 Å². The predicted molar refractivity (Wildman–Crippen MR) is 102 cm³/mol. The zero-order valence-corrected chi connectivity index (χ0v) is 15.0. The van der Waals surface area contributed by atoms with Crippen molar-refractivity contribution >= 4 is 17.0 Å². The second kappa shape index (κ2) is 7.34. The normalized spacial score (nSPS) is 10.8. The Labute approximate surface area is 147 Å². The molecule has 4 rings (SSSR count). The first-order valence-electron chi connectivity index (χ1n) is 8.69. The first kappa shape index (κ1) is 17.0. The third-order valence-electron chi connectivity index (χ3n) is 4.12. The van der Waals surface area contributed by atoms with Crippen LogP contribution in [0.2, 0.25) is 0 Å². The van der Waals surface area contributed by atoms with Crippen LogP contribution < -0.4 is 5.73 Å². The van der Waals surface area contributed by atoms with Crippen molar-refractivity contribution < 1.29 is 0 Å². The van der Waals surface area contributed by atoms with E-state index >= 15 is 0 Å². The highest BCUT2D eigenvalue weighted by Crippen LogP contribution is 2.27.